The Hall–Kier alpha value is -4.86. The second kappa shape index (κ2) is 12.2. The zero-order valence-electron chi connectivity index (χ0n) is 28.6. The van der Waals surface area contributed by atoms with Gasteiger partial charge in [0.15, 0.2) is 23.2 Å². The molecule has 0 spiro atoms. The highest BCUT2D eigenvalue weighted by molar-refractivity contribution is 6.16. The van der Waals surface area contributed by atoms with Gasteiger partial charge in [-0.25, -0.2) is 28.3 Å². The number of ether oxygens (including phenoxy) is 3. The molecule has 1 aliphatic carbocycles. The molecule has 6 rings (SSSR count). The number of hydrogen-bond donors (Lipinski definition) is 3. The summed E-state index contributed by atoms with van der Waals surface area (Å²) in [5.74, 6) is -1.64. The molecule has 262 valence electrons. The first-order valence-corrected chi connectivity index (χ1v) is 16.0. The monoisotopic (exact) mass is 682 g/mol. The van der Waals surface area contributed by atoms with Gasteiger partial charge in [0.1, 0.15) is 28.8 Å². The number of piperidine rings is 1. The molecule has 4 atom stereocenters. The number of aliphatic hydroxyl groups excluding tert-OH is 1. The summed E-state index contributed by atoms with van der Waals surface area (Å²) in [5.41, 5.74) is -1.22. The number of H-pyrrole nitrogens is 1. The Bertz CT molecular complexity index is 1920. The van der Waals surface area contributed by atoms with Crippen LogP contribution in [0.4, 0.5) is 29.9 Å². The molecule has 16 heteroatoms. The summed E-state index contributed by atoms with van der Waals surface area (Å²) in [6, 6.07) is 0.527. The van der Waals surface area contributed by atoms with Crippen molar-refractivity contribution < 1.29 is 37.7 Å². The van der Waals surface area contributed by atoms with Gasteiger partial charge in [0.2, 0.25) is 0 Å². The molecule has 1 saturated heterocycles. The van der Waals surface area contributed by atoms with E-state index >= 15 is 8.78 Å². The molecular weight excluding hydrogens is 642 g/mol. The van der Waals surface area contributed by atoms with Crippen LogP contribution in [0.1, 0.15) is 73.2 Å². The van der Waals surface area contributed by atoms with Crippen LogP contribution in [0.15, 0.2) is 18.5 Å². The largest absolute Gasteiger partial charge is 0.444 e. The summed E-state index contributed by atoms with van der Waals surface area (Å²) in [6.07, 6.45) is 1.84. The predicted molar refractivity (Wildman–Crippen MR) is 176 cm³/mol. The maximum atomic E-state index is 15.9. The van der Waals surface area contributed by atoms with Gasteiger partial charge in [-0.05, 0) is 67.2 Å². The quantitative estimate of drug-likeness (QED) is 0.222. The van der Waals surface area contributed by atoms with E-state index in [1.807, 2.05) is 4.90 Å². The molecule has 4 heterocycles. The van der Waals surface area contributed by atoms with Gasteiger partial charge in [0.25, 0.3) is 0 Å². The van der Waals surface area contributed by atoms with Crippen molar-refractivity contribution in [2.75, 3.05) is 23.4 Å². The Balaban J connectivity index is 1.44. The Morgan fingerprint density at radius 1 is 1.06 bits per heavy atom. The summed E-state index contributed by atoms with van der Waals surface area (Å²) >= 11 is 0. The van der Waals surface area contributed by atoms with Gasteiger partial charge in [0, 0.05) is 31.7 Å². The molecule has 0 unspecified atom stereocenters. The zero-order chi connectivity index (χ0) is 35.6. The van der Waals surface area contributed by atoms with E-state index < -0.39 is 41.1 Å². The van der Waals surface area contributed by atoms with Crippen LogP contribution in [0, 0.1) is 17.6 Å². The number of anilines is 2. The van der Waals surface area contributed by atoms with Gasteiger partial charge < -0.3 is 34.5 Å². The van der Waals surface area contributed by atoms with Crippen LogP contribution in [0.2, 0.25) is 0 Å². The molecule has 2 bridgehead atoms. The third kappa shape index (κ3) is 6.86. The number of nitrogens with zero attached hydrogens (tertiary/aromatic N) is 6. The number of rotatable bonds is 6. The van der Waals surface area contributed by atoms with Gasteiger partial charge in [0.05, 0.1) is 34.4 Å². The van der Waals surface area contributed by atoms with Gasteiger partial charge in [-0.1, -0.05) is 0 Å². The molecule has 4 aromatic rings. The number of halogens is 2. The number of aliphatic hydroxyl groups is 1. The van der Waals surface area contributed by atoms with Crippen molar-refractivity contribution in [3.8, 4) is 11.8 Å². The van der Waals surface area contributed by atoms with Crippen molar-refractivity contribution in [3.05, 3.63) is 35.9 Å². The standard InChI is InChI=1S/C33H40F2N8O6/c1-15(44)26-36-12-18(13-37-26)47-29-40-27-23(22-24(35)19(34)11-21(25(22)39-27)42(8)31(46)49-33(5,6)7)28(41-29)43-14-16-9-17(43)10-20(16)38-30(45)48-32(2,3)4/h11-13,15-17,20,44H,9-10,14H2,1-8H3,(H,38,45)(H,39,40,41)/t15-,16-,17-,20-/m1/s1. The van der Waals surface area contributed by atoms with E-state index in [-0.39, 0.29) is 69.0 Å². The molecule has 0 radical (unpaired) electrons. The van der Waals surface area contributed by atoms with Gasteiger partial charge >= 0.3 is 18.2 Å². The SMILES string of the molecule is C[C@@H](O)c1ncc(Oc2nc(N3C[C@H]4C[C@@H]3C[C@H]4NC(=O)OC(C)(C)C)c3c(n2)[nH]c2c(N(C)C(=O)OC(C)(C)C)cc(F)c(F)c23)cn1. The number of hydrogen-bond acceptors (Lipinski definition) is 11. The van der Waals surface area contributed by atoms with Crippen molar-refractivity contribution >= 4 is 45.6 Å². The third-order valence-electron chi connectivity index (χ3n) is 8.34. The molecule has 1 saturated carbocycles. The molecule has 49 heavy (non-hydrogen) atoms. The first-order valence-electron chi connectivity index (χ1n) is 16.0. The number of alkyl carbamates (subject to hydrolysis) is 1. The van der Waals surface area contributed by atoms with Crippen LogP contribution in [0.25, 0.3) is 21.9 Å². The molecule has 1 aromatic carbocycles. The highest BCUT2D eigenvalue weighted by Gasteiger charge is 2.47. The fourth-order valence-corrected chi connectivity index (χ4v) is 6.34. The highest BCUT2D eigenvalue weighted by Crippen LogP contribution is 2.46. The van der Waals surface area contributed by atoms with Crippen LogP contribution in [-0.4, -0.2) is 79.1 Å². The average molecular weight is 683 g/mol. The first-order chi connectivity index (χ1) is 22.9. The molecule has 14 nitrogen and oxygen atoms in total. The molecule has 2 aliphatic rings. The fourth-order valence-electron chi connectivity index (χ4n) is 6.34. The number of amides is 2. The lowest BCUT2D eigenvalue weighted by Crippen LogP contribution is -2.47. The molecule has 2 amide bonds. The van der Waals surface area contributed by atoms with Crippen molar-refractivity contribution in [1.29, 1.82) is 0 Å². The molecule has 2 fully saturated rings. The number of carbonyl (C=O) groups is 2. The van der Waals surface area contributed by atoms with E-state index in [9.17, 15) is 14.7 Å². The van der Waals surface area contributed by atoms with E-state index in [1.54, 1.807) is 41.5 Å². The maximum absolute atomic E-state index is 15.9. The summed E-state index contributed by atoms with van der Waals surface area (Å²) in [4.78, 5) is 49.2. The Labute approximate surface area is 281 Å². The van der Waals surface area contributed by atoms with Crippen LogP contribution in [-0.2, 0) is 9.47 Å². The minimum absolute atomic E-state index is 0.0222. The minimum atomic E-state index is -1.18. The lowest BCUT2D eigenvalue weighted by molar-refractivity contribution is 0.0490. The second-order valence-electron chi connectivity index (χ2n) is 14.5. The summed E-state index contributed by atoms with van der Waals surface area (Å²) in [5, 5.41) is 12.8. The predicted octanol–water partition coefficient (Wildman–Crippen LogP) is 5.89. The topological polar surface area (TPSA) is 168 Å². The number of aromatic amines is 1. The Kier molecular flexibility index (Phi) is 8.49. The third-order valence-corrected chi connectivity index (χ3v) is 8.34. The minimum Gasteiger partial charge on any atom is -0.444 e. The van der Waals surface area contributed by atoms with Gasteiger partial charge in [-0.3, -0.25) is 4.90 Å². The van der Waals surface area contributed by atoms with E-state index in [0.717, 1.165) is 11.0 Å². The van der Waals surface area contributed by atoms with Crippen molar-refractivity contribution in [2.24, 2.45) is 5.92 Å². The normalized spacial score (nSPS) is 19.7. The fraction of sp³-hybridized carbons (Fsp3) is 0.515. The number of benzene rings is 1. The Morgan fingerprint density at radius 3 is 2.33 bits per heavy atom. The summed E-state index contributed by atoms with van der Waals surface area (Å²) in [6.45, 7) is 12.5. The lowest BCUT2D eigenvalue weighted by atomic mass is 10.0. The molecular formula is C33H40F2N8O6. The molecule has 1 aliphatic heterocycles. The van der Waals surface area contributed by atoms with Gasteiger partial charge in [-0.15, -0.1) is 0 Å². The number of fused-ring (bicyclic) bond motifs is 5. The first kappa shape index (κ1) is 34.0. The second-order valence-corrected chi connectivity index (χ2v) is 14.5. The lowest BCUT2D eigenvalue weighted by Gasteiger charge is -2.33. The van der Waals surface area contributed by atoms with Crippen LogP contribution in [0.3, 0.4) is 0 Å². The van der Waals surface area contributed by atoms with Crippen LogP contribution < -0.4 is 19.9 Å². The van der Waals surface area contributed by atoms with Crippen LogP contribution >= 0.6 is 0 Å². The number of nitrogens with one attached hydrogen (secondary N) is 2. The average Bonchev–Trinajstić information content (AvgIpc) is 3.69. The van der Waals surface area contributed by atoms with Gasteiger partial charge in [-0.2, -0.15) is 9.97 Å². The van der Waals surface area contributed by atoms with E-state index in [1.165, 1.54) is 26.4 Å². The van der Waals surface area contributed by atoms with Crippen molar-refractivity contribution in [3.63, 3.8) is 0 Å². The van der Waals surface area contributed by atoms with Crippen molar-refractivity contribution in [1.82, 2.24) is 30.2 Å². The maximum Gasteiger partial charge on any atom is 0.414 e. The molecule has 3 N–H and O–H groups in total. The van der Waals surface area contributed by atoms with Crippen LogP contribution in [0.5, 0.6) is 11.8 Å². The zero-order valence-corrected chi connectivity index (χ0v) is 28.6. The van der Waals surface area contributed by atoms with Crippen molar-refractivity contribution in [2.45, 2.75) is 90.7 Å². The summed E-state index contributed by atoms with van der Waals surface area (Å²) in [7, 11) is 1.40. The summed E-state index contributed by atoms with van der Waals surface area (Å²) < 4.78 is 48.1. The number of aromatic nitrogens is 5. The van der Waals surface area contributed by atoms with E-state index in [0.29, 0.717) is 19.4 Å². The molecule has 3 aromatic heterocycles. The smallest absolute Gasteiger partial charge is 0.414 e. The van der Waals surface area contributed by atoms with E-state index in [2.05, 4.69) is 25.3 Å². The number of carbonyl (C=O) groups excluding carboxylic acids is 2. The highest BCUT2D eigenvalue weighted by atomic mass is 19.2. The Morgan fingerprint density at radius 2 is 1.73 bits per heavy atom. The van der Waals surface area contributed by atoms with E-state index in [4.69, 9.17) is 19.2 Å².